The number of allylic oxidation sites excluding steroid dienone is 3. The number of ether oxygens (including phenoxy) is 3. The largest absolute Gasteiger partial charge is 0.466 e. The van der Waals surface area contributed by atoms with Gasteiger partial charge in [-0.05, 0) is 57.8 Å². The number of hydrogen-bond acceptors (Lipinski definition) is 10. The maximum atomic E-state index is 13.0. The molecule has 0 radical (unpaired) electrons. The van der Waals surface area contributed by atoms with Crippen molar-refractivity contribution < 1.29 is 49.3 Å². The Morgan fingerprint density at radius 3 is 1.45 bits per heavy atom. The highest BCUT2D eigenvalue weighted by molar-refractivity contribution is 5.76. The molecule has 1 rings (SSSR count). The number of carbonyl (C=O) groups excluding carboxylic acids is 2. The average molecular weight is 938 g/mol. The minimum absolute atomic E-state index is 0.0197. The smallest absolute Gasteiger partial charge is 0.305 e. The summed E-state index contributed by atoms with van der Waals surface area (Å²) in [5, 5.41) is 54.1. The maximum absolute atomic E-state index is 13.0. The van der Waals surface area contributed by atoms with E-state index in [1.807, 2.05) is 6.08 Å². The lowest BCUT2D eigenvalue weighted by Crippen LogP contribution is -2.60. The summed E-state index contributed by atoms with van der Waals surface area (Å²) >= 11 is 0. The molecular formula is C55H103NO10. The van der Waals surface area contributed by atoms with E-state index in [0.29, 0.717) is 19.4 Å². The Hall–Kier alpha value is -1.86. The summed E-state index contributed by atoms with van der Waals surface area (Å²) in [5.41, 5.74) is 0. The van der Waals surface area contributed by atoms with Crippen LogP contribution in [0.5, 0.6) is 0 Å². The van der Waals surface area contributed by atoms with Crippen LogP contribution >= 0.6 is 0 Å². The number of aliphatic hydroxyl groups is 5. The van der Waals surface area contributed by atoms with Crippen LogP contribution in [-0.4, -0.2) is 100 Å². The zero-order chi connectivity index (χ0) is 48.1. The Labute approximate surface area is 403 Å². The first-order valence-electron chi connectivity index (χ1n) is 27.6. The fourth-order valence-electron chi connectivity index (χ4n) is 8.60. The number of amides is 1. The molecule has 0 aromatic heterocycles. The summed E-state index contributed by atoms with van der Waals surface area (Å²) in [4.78, 5) is 25.0. The standard InChI is InChI=1S/C55H103NO10/c1-3-5-7-9-11-13-14-19-23-27-31-35-39-43-51(60)64-44-40-36-32-28-24-21-18-16-15-17-20-22-26-30-34-38-42-50(59)56-47(48(58)41-37-33-29-25-12-10-8-6-4-2)46-65-55-54(63)53(62)52(61)49(45-57)66-55/h15,17,37,41,47-49,52-55,57-58,61-63H,3-14,16,18-36,38-40,42-46H2,1-2H3,(H,56,59)/b17-15-,41-37+. The van der Waals surface area contributed by atoms with Gasteiger partial charge in [-0.25, -0.2) is 0 Å². The van der Waals surface area contributed by atoms with Crippen LogP contribution in [-0.2, 0) is 23.8 Å². The molecule has 1 heterocycles. The molecule has 1 fully saturated rings. The van der Waals surface area contributed by atoms with E-state index in [1.165, 1.54) is 135 Å². The Balaban J connectivity index is 2.09. The highest BCUT2D eigenvalue weighted by Crippen LogP contribution is 2.23. The summed E-state index contributed by atoms with van der Waals surface area (Å²) < 4.78 is 16.6. The third kappa shape index (κ3) is 35.3. The number of carbonyl (C=O) groups is 2. The first-order chi connectivity index (χ1) is 32.2. The zero-order valence-corrected chi connectivity index (χ0v) is 42.4. The third-order valence-electron chi connectivity index (χ3n) is 13.1. The number of hydrogen-bond donors (Lipinski definition) is 6. The predicted molar refractivity (Wildman–Crippen MR) is 269 cm³/mol. The second-order valence-electron chi connectivity index (χ2n) is 19.3. The van der Waals surface area contributed by atoms with Gasteiger partial charge in [-0.15, -0.1) is 0 Å². The van der Waals surface area contributed by atoms with Crippen LogP contribution in [0.3, 0.4) is 0 Å². The van der Waals surface area contributed by atoms with Crippen LogP contribution in [0.1, 0.15) is 251 Å². The second-order valence-corrected chi connectivity index (χ2v) is 19.3. The molecule has 7 unspecified atom stereocenters. The number of esters is 1. The van der Waals surface area contributed by atoms with Crippen LogP contribution in [0.15, 0.2) is 24.3 Å². The van der Waals surface area contributed by atoms with E-state index in [1.54, 1.807) is 6.08 Å². The van der Waals surface area contributed by atoms with Gasteiger partial charge in [0.15, 0.2) is 6.29 Å². The number of aliphatic hydroxyl groups excluding tert-OH is 5. The van der Waals surface area contributed by atoms with Gasteiger partial charge in [-0.1, -0.05) is 205 Å². The predicted octanol–water partition coefficient (Wildman–Crippen LogP) is 11.8. The van der Waals surface area contributed by atoms with Crippen LogP contribution in [0, 0.1) is 0 Å². The molecule has 6 N–H and O–H groups in total. The molecule has 11 nitrogen and oxygen atoms in total. The molecule has 0 aromatic rings. The van der Waals surface area contributed by atoms with Gasteiger partial charge in [0.25, 0.3) is 0 Å². The summed E-state index contributed by atoms with van der Waals surface area (Å²) in [6.45, 7) is 4.27. The topological polar surface area (TPSA) is 175 Å². The van der Waals surface area contributed by atoms with E-state index < -0.39 is 49.5 Å². The van der Waals surface area contributed by atoms with Gasteiger partial charge in [0.1, 0.15) is 24.4 Å². The van der Waals surface area contributed by atoms with Gasteiger partial charge in [0.2, 0.25) is 5.91 Å². The second kappa shape index (κ2) is 45.6. The van der Waals surface area contributed by atoms with Crippen molar-refractivity contribution in [2.24, 2.45) is 0 Å². The van der Waals surface area contributed by atoms with Gasteiger partial charge in [-0.2, -0.15) is 0 Å². The number of unbranched alkanes of at least 4 members (excludes halogenated alkanes) is 31. The summed E-state index contributed by atoms with van der Waals surface area (Å²) in [6, 6.07) is -0.820. The number of nitrogens with one attached hydrogen (secondary N) is 1. The number of rotatable bonds is 47. The van der Waals surface area contributed by atoms with Gasteiger partial charge in [-0.3, -0.25) is 9.59 Å². The van der Waals surface area contributed by atoms with E-state index in [2.05, 4.69) is 31.3 Å². The van der Waals surface area contributed by atoms with Crippen molar-refractivity contribution in [1.82, 2.24) is 5.32 Å². The molecule has 1 aliphatic rings. The van der Waals surface area contributed by atoms with Gasteiger partial charge in [0.05, 0.1) is 32.0 Å². The minimum atomic E-state index is -1.57. The average Bonchev–Trinajstić information content (AvgIpc) is 3.31. The van der Waals surface area contributed by atoms with E-state index in [4.69, 9.17) is 14.2 Å². The van der Waals surface area contributed by atoms with E-state index in [-0.39, 0.29) is 18.5 Å². The summed E-state index contributed by atoms with van der Waals surface area (Å²) in [7, 11) is 0. The van der Waals surface area contributed by atoms with Gasteiger partial charge >= 0.3 is 5.97 Å². The summed E-state index contributed by atoms with van der Waals surface area (Å²) in [5.74, 6) is -0.221. The van der Waals surface area contributed by atoms with Crippen molar-refractivity contribution >= 4 is 11.9 Å². The fourth-order valence-corrected chi connectivity index (χ4v) is 8.60. The van der Waals surface area contributed by atoms with E-state index >= 15 is 0 Å². The van der Waals surface area contributed by atoms with Crippen molar-refractivity contribution in [3.8, 4) is 0 Å². The van der Waals surface area contributed by atoms with E-state index in [9.17, 15) is 35.1 Å². The Bertz CT molecular complexity index is 1150. The maximum Gasteiger partial charge on any atom is 0.305 e. The van der Waals surface area contributed by atoms with Gasteiger partial charge in [0, 0.05) is 12.8 Å². The molecular weight excluding hydrogens is 835 g/mol. The van der Waals surface area contributed by atoms with Crippen LogP contribution in [0.25, 0.3) is 0 Å². The third-order valence-corrected chi connectivity index (χ3v) is 13.1. The first-order valence-corrected chi connectivity index (χ1v) is 27.6. The molecule has 1 amide bonds. The van der Waals surface area contributed by atoms with Crippen LogP contribution < -0.4 is 5.32 Å². The molecule has 388 valence electrons. The van der Waals surface area contributed by atoms with E-state index in [0.717, 1.165) is 89.9 Å². The van der Waals surface area contributed by atoms with Crippen molar-refractivity contribution in [2.45, 2.75) is 294 Å². The molecule has 1 aliphatic heterocycles. The highest BCUT2D eigenvalue weighted by Gasteiger charge is 2.44. The minimum Gasteiger partial charge on any atom is -0.466 e. The first kappa shape index (κ1) is 62.2. The Morgan fingerprint density at radius 2 is 0.970 bits per heavy atom. The lowest BCUT2D eigenvalue weighted by atomic mass is 9.99. The molecule has 0 aliphatic carbocycles. The van der Waals surface area contributed by atoms with Gasteiger partial charge < -0.3 is 45.1 Å². The van der Waals surface area contributed by atoms with Crippen LogP contribution in [0.4, 0.5) is 0 Å². The Kier molecular flexibility index (Phi) is 42.9. The molecule has 66 heavy (non-hydrogen) atoms. The quantitative estimate of drug-likeness (QED) is 0.0196. The normalized spacial score (nSPS) is 19.8. The van der Waals surface area contributed by atoms with Crippen LogP contribution in [0.2, 0.25) is 0 Å². The molecule has 0 aromatic carbocycles. The van der Waals surface area contributed by atoms with Crippen molar-refractivity contribution in [2.75, 3.05) is 19.8 Å². The molecule has 0 spiro atoms. The lowest BCUT2D eigenvalue weighted by molar-refractivity contribution is -0.302. The molecule has 0 saturated carbocycles. The lowest BCUT2D eigenvalue weighted by Gasteiger charge is -2.40. The van der Waals surface area contributed by atoms with Crippen molar-refractivity contribution in [3.05, 3.63) is 24.3 Å². The van der Waals surface area contributed by atoms with Crippen molar-refractivity contribution in [3.63, 3.8) is 0 Å². The SMILES string of the molecule is CCCCCCCCC/C=C/C(O)C(COC1OC(CO)C(O)C(O)C1O)NC(=O)CCCCCCC/C=C\CCCCCCCCCOC(=O)CCCCCCCCCCCCCCC. The summed E-state index contributed by atoms with van der Waals surface area (Å²) in [6.07, 6.45) is 42.7. The zero-order valence-electron chi connectivity index (χ0n) is 42.4. The Morgan fingerprint density at radius 1 is 0.545 bits per heavy atom. The molecule has 11 heteroatoms. The fraction of sp³-hybridized carbons (Fsp3) is 0.891. The molecule has 7 atom stereocenters. The van der Waals surface area contributed by atoms with Crippen molar-refractivity contribution in [1.29, 1.82) is 0 Å². The highest BCUT2D eigenvalue weighted by atomic mass is 16.7. The monoisotopic (exact) mass is 938 g/mol. The molecule has 0 bridgehead atoms. The molecule has 1 saturated heterocycles.